The third-order valence-electron chi connectivity index (χ3n) is 4.97. The van der Waals surface area contributed by atoms with Gasteiger partial charge in [0.05, 0.1) is 16.3 Å². The Kier molecular flexibility index (Phi) is 6.42. The van der Waals surface area contributed by atoms with Gasteiger partial charge >= 0.3 is 0 Å². The second-order valence-corrected chi connectivity index (χ2v) is 7.93. The van der Waals surface area contributed by atoms with Gasteiger partial charge in [0.1, 0.15) is 0 Å². The van der Waals surface area contributed by atoms with Crippen LogP contribution in [-0.4, -0.2) is 35.2 Å². The Morgan fingerprint density at radius 1 is 0.879 bits per heavy atom. The fourth-order valence-corrected chi connectivity index (χ4v) is 3.28. The van der Waals surface area contributed by atoms with E-state index in [1.165, 1.54) is 12.1 Å². The molecule has 1 heterocycles. The van der Waals surface area contributed by atoms with Crippen LogP contribution in [0, 0.1) is 10.1 Å². The predicted molar refractivity (Wildman–Crippen MR) is 133 cm³/mol. The molecule has 0 spiro atoms. The van der Waals surface area contributed by atoms with Gasteiger partial charge in [-0.15, -0.1) is 0 Å². The van der Waals surface area contributed by atoms with Gasteiger partial charge in [-0.3, -0.25) is 10.1 Å². The molecule has 0 aliphatic rings. The highest BCUT2D eigenvalue weighted by atomic mass is 35.5. The first kappa shape index (κ1) is 22.1. The highest BCUT2D eigenvalue weighted by Crippen LogP contribution is 2.28. The van der Waals surface area contributed by atoms with E-state index in [1.54, 1.807) is 30.5 Å². The molecule has 0 bridgehead atoms. The zero-order chi connectivity index (χ0) is 23.4. The predicted octanol–water partition coefficient (Wildman–Crippen LogP) is 6.19. The van der Waals surface area contributed by atoms with Crippen LogP contribution in [0.15, 0.2) is 83.9 Å². The number of anilines is 1. The second-order valence-electron chi connectivity index (χ2n) is 7.49. The maximum absolute atomic E-state index is 11.0. The minimum atomic E-state index is -0.430. The summed E-state index contributed by atoms with van der Waals surface area (Å²) in [4.78, 5) is 26.2. The van der Waals surface area contributed by atoms with Crippen molar-refractivity contribution in [1.29, 1.82) is 0 Å². The van der Waals surface area contributed by atoms with Gasteiger partial charge in [-0.05, 0) is 48.0 Å². The van der Waals surface area contributed by atoms with Crippen molar-refractivity contribution in [1.82, 2.24) is 9.97 Å². The van der Waals surface area contributed by atoms with E-state index in [0.717, 1.165) is 22.4 Å². The highest BCUT2D eigenvalue weighted by Gasteiger charge is 2.11. The van der Waals surface area contributed by atoms with E-state index in [4.69, 9.17) is 11.6 Å². The van der Waals surface area contributed by atoms with Crippen molar-refractivity contribution in [2.24, 2.45) is 4.99 Å². The molecular weight excluding hydrogens is 438 g/mol. The van der Waals surface area contributed by atoms with Crippen LogP contribution in [0.2, 0.25) is 5.02 Å². The maximum Gasteiger partial charge on any atom is 0.269 e. The molecule has 7 nitrogen and oxygen atoms in total. The molecule has 0 amide bonds. The summed E-state index contributed by atoms with van der Waals surface area (Å²) in [5.74, 6) is 0.285. The van der Waals surface area contributed by atoms with Gasteiger partial charge in [0.25, 0.3) is 5.69 Å². The Morgan fingerprint density at radius 2 is 1.42 bits per heavy atom. The van der Waals surface area contributed by atoms with Gasteiger partial charge in [0.15, 0.2) is 0 Å². The van der Waals surface area contributed by atoms with Gasteiger partial charge < -0.3 is 4.90 Å². The molecule has 8 heteroatoms. The van der Waals surface area contributed by atoms with Crippen molar-refractivity contribution < 1.29 is 4.92 Å². The van der Waals surface area contributed by atoms with E-state index in [1.807, 2.05) is 61.5 Å². The number of benzene rings is 3. The van der Waals surface area contributed by atoms with Gasteiger partial charge in [0.2, 0.25) is 5.95 Å². The Labute approximate surface area is 196 Å². The SMILES string of the molecule is CN(C)c1ccc(/C=N/c2nc(-c3ccc(Cl)cc3)cc(-c3ccc([N+](=O)[O-])cc3)n2)cc1. The zero-order valence-electron chi connectivity index (χ0n) is 18.0. The number of halogens is 1. The number of nitrogens with zero attached hydrogens (tertiary/aromatic N) is 5. The fraction of sp³-hybridized carbons (Fsp3) is 0.0800. The number of hydrogen-bond acceptors (Lipinski definition) is 6. The lowest BCUT2D eigenvalue weighted by Gasteiger charge is -2.11. The number of aromatic nitrogens is 2. The lowest BCUT2D eigenvalue weighted by atomic mass is 10.1. The fourth-order valence-electron chi connectivity index (χ4n) is 3.15. The third-order valence-corrected chi connectivity index (χ3v) is 5.22. The molecule has 33 heavy (non-hydrogen) atoms. The van der Waals surface area contributed by atoms with Crippen LogP contribution in [0.25, 0.3) is 22.5 Å². The normalized spacial score (nSPS) is 11.0. The molecule has 0 saturated heterocycles. The number of hydrogen-bond donors (Lipinski definition) is 0. The molecule has 0 aliphatic heterocycles. The van der Waals surface area contributed by atoms with Crippen LogP contribution < -0.4 is 4.90 Å². The summed E-state index contributed by atoms with van der Waals surface area (Å²) in [5.41, 5.74) is 4.89. The first-order valence-corrected chi connectivity index (χ1v) is 10.5. The first-order valence-electron chi connectivity index (χ1n) is 10.1. The van der Waals surface area contributed by atoms with E-state index in [0.29, 0.717) is 16.4 Å². The van der Waals surface area contributed by atoms with Crippen LogP contribution in [-0.2, 0) is 0 Å². The maximum atomic E-state index is 11.0. The molecule has 164 valence electrons. The van der Waals surface area contributed by atoms with Crippen LogP contribution >= 0.6 is 11.6 Å². The smallest absolute Gasteiger partial charge is 0.269 e. The standard InChI is InChI=1S/C25H20ClN5O2/c1-30(2)21-11-3-17(4-12-21)16-27-25-28-23(18-5-9-20(26)10-6-18)15-24(29-25)19-7-13-22(14-8-19)31(32)33/h3-16H,1-2H3/b27-16+. The number of non-ortho nitro benzene ring substituents is 1. The van der Waals surface area contributed by atoms with Gasteiger partial charge in [-0.1, -0.05) is 35.9 Å². The third kappa shape index (κ3) is 5.39. The quantitative estimate of drug-likeness (QED) is 0.196. The van der Waals surface area contributed by atoms with Gasteiger partial charge in [-0.2, -0.15) is 0 Å². The number of nitro groups is 1. The summed E-state index contributed by atoms with van der Waals surface area (Å²) in [5, 5.41) is 11.6. The van der Waals surface area contributed by atoms with Crippen molar-refractivity contribution in [3.8, 4) is 22.5 Å². The molecule has 3 aromatic carbocycles. The summed E-state index contributed by atoms with van der Waals surface area (Å²) in [6.07, 6.45) is 1.71. The molecule has 0 fully saturated rings. The zero-order valence-corrected chi connectivity index (χ0v) is 18.8. The van der Waals surface area contributed by atoms with E-state index in [9.17, 15) is 10.1 Å². The molecule has 0 unspecified atom stereocenters. The second kappa shape index (κ2) is 9.58. The van der Waals surface area contributed by atoms with Crippen LogP contribution in [0.1, 0.15) is 5.56 Å². The Morgan fingerprint density at radius 3 is 1.94 bits per heavy atom. The van der Waals surface area contributed by atoms with E-state index >= 15 is 0 Å². The van der Waals surface area contributed by atoms with Crippen molar-refractivity contribution in [3.05, 3.63) is 99.6 Å². The van der Waals surface area contributed by atoms with Crippen molar-refractivity contribution in [2.75, 3.05) is 19.0 Å². The largest absolute Gasteiger partial charge is 0.378 e. The summed E-state index contributed by atoms with van der Waals surface area (Å²) >= 11 is 6.03. The van der Waals surface area contributed by atoms with Crippen LogP contribution in [0.4, 0.5) is 17.3 Å². The minimum absolute atomic E-state index is 0.0187. The average Bonchev–Trinajstić information content (AvgIpc) is 2.83. The Bertz CT molecular complexity index is 1300. The van der Waals surface area contributed by atoms with E-state index in [-0.39, 0.29) is 11.6 Å². The molecule has 0 saturated carbocycles. The van der Waals surface area contributed by atoms with Gasteiger partial charge in [0, 0.05) is 54.3 Å². The number of rotatable bonds is 6. The van der Waals surface area contributed by atoms with Crippen LogP contribution in [0.3, 0.4) is 0 Å². The Hall–Kier alpha value is -4.10. The van der Waals surface area contributed by atoms with Crippen molar-refractivity contribution >= 4 is 35.1 Å². The summed E-state index contributed by atoms with van der Waals surface area (Å²) in [6.45, 7) is 0. The molecule has 0 aliphatic carbocycles. The summed E-state index contributed by atoms with van der Waals surface area (Å²) < 4.78 is 0. The topological polar surface area (TPSA) is 84.5 Å². The van der Waals surface area contributed by atoms with Crippen molar-refractivity contribution in [3.63, 3.8) is 0 Å². The first-order chi connectivity index (χ1) is 15.9. The molecule has 1 aromatic heterocycles. The average molecular weight is 458 g/mol. The summed E-state index contributed by atoms with van der Waals surface area (Å²) in [7, 11) is 3.97. The Balaban J connectivity index is 1.73. The van der Waals surface area contributed by atoms with E-state index in [2.05, 4.69) is 15.0 Å². The number of nitro benzene ring substituents is 1. The summed E-state index contributed by atoms with van der Waals surface area (Å²) in [6, 6.07) is 23.4. The van der Waals surface area contributed by atoms with Crippen LogP contribution in [0.5, 0.6) is 0 Å². The molecule has 4 rings (SSSR count). The van der Waals surface area contributed by atoms with E-state index < -0.39 is 4.92 Å². The molecule has 0 N–H and O–H groups in total. The highest BCUT2D eigenvalue weighted by molar-refractivity contribution is 6.30. The lowest BCUT2D eigenvalue weighted by molar-refractivity contribution is -0.384. The van der Waals surface area contributed by atoms with Crippen molar-refractivity contribution in [2.45, 2.75) is 0 Å². The molecule has 4 aromatic rings. The molecule has 0 radical (unpaired) electrons. The monoisotopic (exact) mass is 457 g/mol. The number of aliphatic imine (C=N–C) groups is 1. The molecular formula is C25H20ClN5O2. The lowest BCUT2D eigenvalue weighted by Crippen LogP contribution is -2.08. The van der Waals surface area contributed by atoms with Gasteiger partial charge in [-0.25, -0.2) is 15.0 Å². The molecule has 0 atom stereocenters. The minimum Gasteiger partial charge on any atom is -0.378 e.